The molecule has 0 aliphatic heterocycles. The van der Waals surface area contributed by atoms with Crippen molar-refractivity contribution in [2.24, 2.45) is 0 Å². The molecule has 0 saturated heterocycles. The van der Waals surface area contributed by atoms with Gasteiger partial charge >= 0.3 is 0 Å². The van der Waals surface area contributed by atoms with Crippen molar-refractivity contribution in [2.75, 3.05) is 0 Å². The van der Waals surface area contributed by atoms with E-state index in [1.165, 1.54) is 11.3 Å². The summed E-state index contributed by atoms with van der Waals surface area (Å²) in [6, 6.07) is 8.40. The van der Waals surface area contributed by atoms with E-state index in [-0.39, 0.29) is 16.4 Å². The van der Waals surface area contributed by atoms with Crippen LogP contribution in [0, 0.1) is 17.0 Å². The first-order valence-corrected chi connectivity index (χ1v) is 7.61. The number of aryl methyl sites for hydroxylation is 1. The molecule has 5 nitrogen and oxygen atoms in total. The standard InChI is InChI=1S/C14H9BrN2O3S/c1-7-4-10-13(6-11(7)17(19)20)21-14(16-10)8-2-3-12(18)9(15)5-8/h2-6,18H,1H3. The maximum atomic E-state index is 11.0. The van der Waals surface area contributed by atoms with Gasteiger partial charge in [-0.2, -0.15) is 0 Å². The second-order valence-corrected chi connectivity index (χ2v) is 6.43. The van der Waals surface area contributed by atoms with E-state index in [2.05, 4.69) is 20.9 Å². The minimum absolute atomic E-state index is 0.101. The lowest BCUT2D eigenvalue weighted by Gasteiger charge is -1.99. The number of nitro benzene ring substituents is 1. The molecule has 7 heteroatoms. The van der Waals surface area contributed by atoms with Gasteiger partial charge in [-0.3, -0.25) is 10.1 Å². The summed E-state index contributed by atoms with van der Waals surface area (Å²) >= 11 is 4.65. The molecular formula is C14H9BrN2O3S. The van der Waals surface area contributed by atoms with E-state index >= 15 is 0 Å². The van der Waals surface area contributed by atoms with Gasteiger partial charge in [-0.1, -0.05) is 0 Å². The molecule has 3 aromatic rings. The van der Waals surface area contributed by atoms with Gasteiger partial charge in [0.1, 0.15) is 10.8 Å². The van der Waals surface area contributed by atoms with E-state index in [9.17, 15) is 15.2 Å². The van der Waals surface area contributed by atoms with Crippen LogP contribution in [0.4, 0.5) is 5.69 Å². The second kappa shape index (κ2) is 5.09. The van der Waals surface area contributed by atoms with E-state index in [1.54, 1.807) is 37.3 Å². The third kappa shape index (κ3) is 2.50. The number of rotatable bonds is 2. The molecule has 0 amide bonds. The fourth-order valence-corrected chi connectivity index (χ4v) is 3.38. The highest BCUT2D eigenvalue weighted by Gasteiger charge is 2.15. The third-order valence-corrected chi connectivity index (χ3v) is 4.80. The zero-order valence-corrected chi connectivity index (χ0v) is 13.2. The van der Waals surface area contributed by atoms with Gasteiger partial charge in [0.05, 0.1) is 19.6 Å². The normalized spacial score (nSPS) is 11.0. The number of hydrogen-bond donors (Lipinski definition) is 1. The molecule has 21 heavy (non-hydrogen) atoms. The molecular weight excluding hydrogens is 356 g/mol. The second-order valence-electron chi connectivity index (χ2n) is 4.55. The fraction of sp³-hybridized carbons (Fsp3) is 0.0714. The first-order valence-electron chi connectivity index (χ1n) is 6.00. The van der Waals surface area contributed by atoms with Crippen molar-refractivity contribution in [1.29, 1.82) is 0 Å². The van der Waals surface area contributed by atoms with Crippen LogP contribution in [0.25, 0.3) is 20.8 Å². The minimum Gasteiger partial charge on any atom is -0.507 e. The molecule has 0 bridgehead atoms. The molecule has 0 spiro atoms. The number of thiazole rings is 1. The molecule has 106 valence electrons. The average molecular weight is 365 g/mol. The van der Waals surface area contributed by atoms with Gasteiger partial charge in [0.15, 0.2) is 0 Å². The van der Waals surface area contributed by atoms with Crippen LogP contribution < -0.4 is 0 Å². The number of aromatic hydroxyl groups is 1. The van der Waals surface area contributed by atoms with Crippen LogP contribution in [0.3, 0.4) is 0 Å². The Labute approximate surface area is 132 Å². The number of halogens is 1. The Morgan fingerprint density at radius 2 is 2.10 bits per heavy atom. The number of nitro groups is 1. The Balaban J connectivity index is 2.16. The fourth-order valence-electron chi connectivity index (χ4n) is 2.03. The highest BCUT2D eigenvalue weighted by atomic mass is 79.9. The van der Waals surface area contributed by atoms with Gasteiger partial charge < -0.3 is 5.11 Å². The Morgan fingerprint density at radius 1 is 1.33 bits per heavy atom. The number of fused-ring (bicyclic) bond motifs is 1. The summed E-state index contributed by atoms with van der Waals surface area (Å²) < 4.78 is 1.35. The highest BCUT2D eigenvalue weighted by molar-refractivity contribution is 9.10. The van der Waals surface area contributed by atoms with Crippen molar-refractivity contribution < 1.29 is 10.0 Å². The molecule has 1 N–H and O–H groups in total. The predicted molar refractivity (Wildman–Crippen MR) is 85.8 cm³/mol. The quantitative estimate of drug-likeness (QED) is 0.530. The summed E-state index contributed by atoms with van der Waals surface area (Å²) in [6.45, 7) is 1.70. The van der Waals surface area contributed by atoms with Crippen LogP contribution in [-0.4, -0.2) is 15.0 Å². The summed E-state index contributed by atoms with van der Waals surface area (Å²) in [6.07, 6.45) is 0. The molecule has 1 aromatic heterocycles. The molecule has 1 heterocycles. The van der Waals surface area contributed by atoms with Crippen molar-refractivity contribution in [1.82, 2.24) is 4.98 Å². The van der Waals surface area contributed by atoms with Gasteiger partial charge in [-0.05, 0) is 47.1 Å². The monoisotopic (exact) mass is 364 g/mol. The van der Waals surface area contributed by atoms with E-state index < -0.39 is 0 Å². The SMILES string of the molecule is Cc1cc2nc(-c3ccc(O)c(Br)c3)sc2cc1[N+](=O)[O-]. The molecule has 0 aliphatic carbocycles. The van der Waals surface area contributed by atoms with Gasteiger partial charge in [0, 0.05) is 17.2 Å². The maximum absolute atomic E-state index is 11.0. The maximum Gasteiger partial charge on any atom is 0.273 e. The van der Waals surface area contributed by atoms with Crippen LogP contribution >= 0.6 is 27.3 Å². The topological polar surface area (TPSA) is 76.3 Å². The lowest BCUT2D eigenvalue weighted by Crippen LogP contribution is -1.90. The summed E-state index contributed by atoms with van der Waals surface area (Å²) in [4.78, 5) is 15.1. The van der Waals surface area contributed by atoms with Crippen LogP contribution in [0.5, 0.6) is 5.75 Å². The van der Waals surface area contributed by atoms with Crippen LogP contribution in [0.1, 0.15) is 5.56 Å². The zero-order chi connectivity index (χ0) is 15.1. The Bertz CT molecular complexity index is 876. The average Bonchev–Trinajstić information content (AvgIpc) is 2.83. The Hall–Kier alpha value is -1.99. The summed E-state index contributed by atoms with van der Waals surface area (Å²) in [5.41, 5.74) is 2.28. The smallest absolute Gasteiger partial charge is 0.273 e. The Morgan fingerprint density at radius 3 is 2.76 bits per heavy atom. The van der Waals surface area contributed by atoms with Crippen molar-refractivity contribution in [2.45, 2.75) is 6.92 Å². The number of phenolic OH excluding ortho intramolecular Hbond substituents is 1. The molecule has 3 rings (SSSR count). The predicted octanol–water partition coefficient (Wildman–Crippen LogP) is 4.65. The highest BCUT2D eigenvalue weighted by Crippen LogP contribution is 2.36. The first-order chi connectivity index (χ1) is 9.95. The minimum atomic E-state index is -0.384. The Kier molecular flexibility index (Phi) is 3.38. The van der Waals surface area contributed by atoms with Crippen molar-refractivity contribution in [3.8, 4) is 16.3 Å². The van der Waals surface area contributed by atoms with E-state index in [0.29, 0.717) is 10.0 Å². The van der Waals surface area contributed by atoms with Gasteiger partial charge in [0.25, 0.3) is 5.69 Å². The largest absolute Gasteiger partial charge is 0.507 e. The summed E-state index contributed by atoms with van der Waals surface area (Å²) in [7, 11) is 0. The number of benzene rings is 2. The molecule has 0 fully saturated rings. The molecule has 0 saturated carbocycles. The molecule has 0 unspecified atom stereocenters. The van der Waals surface area contributed by atoms with Crippen molar-refractivity contribution >= 4 is 43.2 Å². The first kappa shape index (κ1) is 14.0. The summed E-state index contributed by atoms with van der Waals surface area (Å²) in [5.74, 6) is 0.159. The number of aromatic nitrogens is 1. The van der Waals surface area contributed by atoms with Gasteiger partial charge in [-0.15, -0.1) is 11.3 Å². The third-order valence-electron chi connectivity index (χ3n) is 3.10. The van der Waals surface area contributed by atoms with Crippen molar-refractivity contribution in [3.05, 3.63) is 50.5 Å². The number of nitrogens with zero attached hydrogens (tertiary/aromatic N) is 2. The van der Waals surface area contributed by atoms with Crippen LogP contribution in [0.15, 0.2) is 34.8 Å². The zero-order valence-electron chi connectivity index (χ0n) is 10.8. The van der Waals surface area contributed by atoms with Crippen LogP contribution in [0.2, 0.25) is 0 Å². The lowest BCUT2D eigenvalue weighted by molar-refractivity contribution is -0.385. The summed E-state index contributed by atoms with van der Waals surface area (Å²) in [5, 5.41) is 21.3. The van der Waals surface area contributed by atoms with Gasteiger partial charge in [0.2, 0.25) is 0 Å². The molecule has 0 atom stereocenters. The number of hydrogen-bond acceptors (Lipinski definition) is 5. The van der Waals surface area contributed by atoms with Crippen LogP contribution in [-0.2, 0) is 0 Å². The van der Waals surface area contributed by atoms with E-state index in [0.717, 1.165) is 20.8 Å². The number of phenols is 1. The van der Waals surface area contributed by atoms with Crippen molar-refractivity contribution in [3.63, 3.8) is 0 Å². The molecule has 2 aromatic carbocycles. The lowest BCUT2D eigenvalue weighted by atomic mass is 10.2. The molecule has 0 aliphatic rings. The molecule has 0 radical (unpaired) electrons. The van der Waals surface area contributed by atoms with E-state index in [1.807, 2.05) is 0 Å². The van der Waals surface area contributed by atoms with E-state index in [4.69, 9.17) is 0 Å². The van der Waals surface area contributed by atoms with Gasteiger partial charge in [-0.25, -0.2) is 4.98 Å².